The molecule has 0 aromatic heterocycles. The zero-order valence-electron chi connectivity index (χ0n) is 5.92. The van der Waals surface area contributed by atoms with Gasteiger partial charge in [-0.2, -0.15) is 0 Å². The SMILES string of the molecule is C#CC(N)c1ccccc1Cl. The maximum atomic E-state index is 5.82. The summed E-state index contributed by atoms with van der Waals surface area (Å²) in [7, 11) is 0. The van der Waals surface area contributed by atoms with Gasteiger partial charge in [0.2, 0.25) is 0 Å². The van der Waals surface area contributed by atoms with Crippen LogP contribution in [0.3, 0.4) is 0 Å². The molecule has 0 aliphatic heterocycles. The zero-order valence-corrected chi connectivity index (χ0v) is 6.68. The van der Waals surface area contributed by atoms with Gasteiger partial charge in [0.05, 0.1) is 6.04 Å². The van der Waals surface area contributed by atoms with E-state index in [1.807, 2.05) is 18.2 Å². The number of rotatable bonds is 1. The fraction of sp³-hybridized carbons (Fsp3) is 0.111. The second kappa shape index (κ2) is 3.43. The van der Waals surface area contributed by atoms with E-state index in [1.165, 1.54) is 0 Å². The van der Waals surface area contributed by atoms with Crippen molar-refractivity contribution in [3.63, 3.8) is 0 Å². The summed E-state index contributed by atoms with van der Waals surface area (Å²) in [6.45, 7) is 0. The molecule has 0 bridgehead atoms. The summed E-state index contributed by atoms with van der Waals surface area (Å²) in [4.78, 5) is 0. The van der Waals surface area contributed by atoms with Crippen LogP contribution in [0.5, 0.6) is 0 Å². The Hall–Kier alpha value is -0.970. The van der Waals surface area contributed by atoms with Crippen LogP contribution in [-0.4, -0.2) is 0 Å². The third-order valence-corrected chi connectivity index (χ3v) is 1.76. The van der Waals surface area contributed by atoms with E-state index in [0.29, 0.717) is 5.02 Å². The molecule has 2 heteroatoms. The van der Waals surface area contributed by atoms with Gasteiger partial charge in [-0.1, -0.05) is 35.7 Å². The van der Waals surface area contributed by atoms with Crippen LogP contribution in [0.2, 0.25) is 5.02 Å². The van der Waals surface area contributed by atoms with Crippen LogP contribution >= 0.6 is 11.6 Å². The van der Waals surface area contributed by atoms with Crippen LogP contribution < -0.4 is 5.73 Å². The highest BCUT2D eigenvalue weighted by atomic mass is 35.5. The summed E-state index contributed by atoms with van der Waals surface area (Å²) in [5.74, 6) is 2.42. The maximum absolute atomic E-state index is 5.82. The van der Waals surface area contributed by atoms with Crippen LogP contribution in [0.25, 0.3) is 0 Å². The second-order valence-corrected chi connectivity index (χ2v) is 2.57. The molecule has 2 N–H and O–H groups in total. The lowest BCUT2D eigenvalue weighted by atomic mass is 10.1. The summed E-state index contributed by atoms with van der Waals surface area (Å²) in [6.07, 6.45) is 5.14. The Morgan fingerprint density at radius 2 is 2.09 bits per heavy atom. The minimum atomic E-state index is -0.399. The van der Waals surface area contributed by atoms with Crippen molar-refractivity contribution in [2.24, 2.45) is 5.73 Å². The molecule has 1 unspecified atom stereocenters. The minimum Gasteiger partial charge on any atom is -0.314 e. The number of terminal acetylenes is 1. The fourth-order valence-corrected chi connectivity index (χ4v) is 1.07. The average Bonchev–Trinajstić information content (AvgIpc) is 2.04. The summed E-state index contributed by atoms with van der Waals surface area (Å²) in [5, 5.41) is 0.623. The van der Waals surface area contributed by atoms with E-state index >= 15 is 0 Å². The number of benzene rings is 1. The average molecular weight is 166 g/mol. The van der Waals surface area contributed by atoms with Crippen LogP contribution in [0.15, 0.2) is 24.3 Å². The molecule has 1 atom stereocenters. The van der Waals surface area contributed by atoms with Crippen LogP contribution in [0, 0.1) is 12.3 Å². The molecule has 1 rings (SSSR count). The topological polar surface area (TPSA) is 26.0 Å². The first-order chi connectivity index (χ1) is 5.25. The highest BCUT2D eigenvalue weighted by Crippen LogP contribution is 2.19. The number of nitrogens with two attached hydrogens (primary N) is 1. The highest BCUT2D eigenvalue weighted by Gasteiger charge is 2.04. The van der Waals surface area contributed by atoms with Crippen molar-refractivity contribution in [1.29, 1.82) is 0 Å². The largest absolute Gasteiger partial charge is 0.314 e. The van der Waals surface area contributed by atoms with Gasteiger partial charge >= 0.3 is 0 Å². The predicted molar refractivity (Wildman–Crippen MR) is 47.2 cm³/mol. The lowest BCUT2D eigenvalue weighted by Crippen LogP contribution is -2.07. The van der Waals surface area contributed by atoms with Crippen molar-refractivity contribution in [2.75, 3.05) is 0 Å². The van der Waals surface area contributed by atoms with E-state index in [9.17, 15) is 0 Å². The van der Waals surface area contributed by atoms with E-state index in [4.69, 9.17) is 23.8 Å². The third-order valence-electron chi connectivity index (χ3n) is 1.42. The molecule has 0 saturated heterocycles. The first-order valence-corrected chi connectivity index (χ1v) is 3.59. The first-order valence-electron chi connectivity index (χ1n) is 3.22. The second-order valence-electron chi connectivity index (χ2n) is 2.17. The Morgan fingerprint density at radius 3 is 2.64 bits per heavy atom. The van der Waals surface area contributed by atoms with Gasteiger partial charge in [0.15, 0.2) is 0 Å². The van der Waals surface area contributed by atoms with Gasteiger partial charge in [-0.25, -0.2) is 0 Å². The van der Waals surface area contributed by atoms with Crippen molar-refractivity contribution >= 4 is 11.6 Å². The molecule has 0 heterocycles. The molecule has 1 nitrogen and oxygen atoms in total. The van der Waals surface area contributed by atoms with Gasteiger partial charge < -0.3 is 5.73 Å². The Kier molecular flexibility index (Phi) is 2.53. The molecule has 56 valence electrons. The minimum absolute atomic E-state index is 0.399. The van der Waals surface area contributed by atoms with Crippen LogP contribution in [0.4, 0.5) is 0 Å². The van der Waals surface area contributed by atoms with E-state index < -0.39 is 6.04 Å². The number of hydrogen-bond acceptors (Lipinski definition) is 1. The molecule has 1 aromatic rings. The molecule has 0 saturated carbocycles. The highest BCUT2D eigenvalue weighted by molar-refractivity contribution is 6.31. The predicted octanol–water partition coefficient (Wildman–Crippen LogP) is 1.97. The third kappa shape index (κ3) is 1.74. The smallest absolute Gasteiger partial charge is 0.0932 e. The standard InChI is InChI=1S/C9H8ClN/c1-2-9(11)7-5-3-4-6-8(7)10/h1,3-6,9H,11H2. The zero-order chi connectivity index (χ0) is 8.27. The summed E-state index contributed by atoms with van der Waals surface area (Å²) in [6, 6.07) is 6.90. The van der Waals surface area contributed by atoms with Gasteiger partial charge in [-0.05, 0) is 11.6 Å². The van der Waals surface area contributed by atoms with Crippen molar-refractivity contribution in [3.8, 4) is 12.3 Å². The molecule has 0 fully saturated rings. The molecule has 0 aliphatic rings. The van der Waals surface area contributed by atoms with E-state index in [1.54, 1.807) is 6.07 Å². The summed E-state index contributed by atoms with van der Waals surface area (Å²) >= 11 is 5.82. The Balaban J connectivity index is 3.05. The van der Waals surface area contributed by atoms with Crippen molar-refractivity contribution < 1.29 is 0 Å². The van der Waals surface area contributed by atoms with E-state index in [2.05, 4.69) is 5.92 Å². The van der Waals surface area contributed by atoms with E-state index in [-0.39, 0.29) is 0 Å². The number of halogens is 1. The number of hydrogen-bond donors (Lipinski definition) is 1. The maximum Gasteiger partial charge on any atom is 0.0932 e. The molecule has 11 heavy (non-hydrogen) atoms. The molecule has 0 amide bonds. The fourth-order valence-electron chi connectivity index (χ4n) is 0.817. The van der Waals surface area contributed by atoms with Gasteiger partial charge in [-0.3, -0.25) is 0 Å². The lowest BCUT2D eigenvalue weighted by molar-refractivity contribution is 0.947. The lowest BCUT2D eigenvalue weighted by Gasteiger charge is -2.05. The van der Waals surface area contributed by atoms with Gasteiger partial charge in [0, 0.05) is 5.02 Å². The molecule has 0 spiro atoms. The van der Waals surface area contributed by atoms with Crippen molar-refractivity contribution in [2.45, 2.75) is 6.04 Å². The first kappa shape index (κ1) is 8.13. The molecular formula is C9H8ClN. The van der Waals surface area contributed by atoms with Crippen LogP contribution in [-0.2, 0) is 0 Å². The molecule has 0 aliphatic carbocycles. The summed E-state index contributed by atoms with van der Waals surface area (Å²) < 4.78 is 0. The quantitative estimate of drug-likeness (QED) is 0.633. The van der Waals surface area contributed by atoms with Gasteiger partial charge in [0.1, 0.15) is 0 Å². The van der Waals surface area contributed by atoms with Crippen molar-refractivity contribution in [3.05, 3.63) is 34.9 Å². The molecule has 1 aromatic carbocycles. The Labute approximate surface area is 71.2 Å². The van der Waals surface area contributed by atoms with E-state index in [0.717, 1.165) is 5.56 Å². The van der Waals surface area contributed by atoms with Gasteiger partial charge in [0.25, 0.3) is 0 Å². The van der Waals surface area contributed by atoms with Crippen molar-refractivity contribution in [1.82, 2.24) is 0 Å². The monoisotopic (exact) mass is 165 g/mol. The normalized spacial score (nSPS) is 12.1. The summed E-state index contributed by atoms with van der Waals surface area (Å²) in [5.41, 5.74) is 6.38. The Bertz CT molecular complexity index is 288. The molecular weight excluding hydrogens is 158 g/mol. The van der Waals surface area contributed by atoms with Gasteiger partial charge in [-0.15, -0.1) is 6.42 Å². The molecule has 0 radical (unpaired) electrons. The Morgan fingerprint density at radius 1 is 1.45 bits per heavy atom. The van der Waals surface area contributed by atoms with Crippen LogP contribution in [0.1, 0.15) is 11.6 Å².